The summed E-state index contributed by atoms with van der Waals surface area (Å²) in [7, 11) is 0. The third-order valence-corrected chi connectivity index (χ3v) is 2.45. The lowest BCUT2D eigenvalue weighted by Gasteiger charge is -2.33. The Morgan fingerprint density at radius 3 is 2.21 bits per heavy atom. The highest BCUT2D eigenvalue weighted by Gasteiger charge is 2.15. The summed E-state index contributed by atoms with van der Waals surface area (Å²) >= 11 is 0. The number of piperazine rings is 1. The van der Waals surface area contributed by atoms with Crippen LogP contribution in [0.15, 0.2) is 5.11 Å². The molecule has 0 N–H and O–H groups in total. The van der Waals surface area contributed by atoms with E-state index in [4.69, 9.17) is 5.53 Å². The van der Waals surface area contributed by atoms with Crippen molar-refractivity contribution in [2.45, 2.75) is 0 Å². The maximum Gasteiger partial charge on any atom is 0.102 e. The number of hydrogen-bond donors (Lipinski definition) is 0. The molecule has 14 heavy (non-hydrogen) atoms. The SMILES string of the molecule is [N-]=[N+]=NCCN1CCN(CCF)CC1. The largest absolute Gasteiger partial charge is 0.301 e. The molecule has 0 saturated carbocycles. The molecule has 1 aliphatic rings. The number of azide groups is 1. The lowest BCUT2D eigenvalue weighted by molar-refractivity contribution is 0.129. The lowest BCUT2D eigenvalue weighted by Crippen LogP contribution is -2.47. The zero-order valence-corrected chi connectivity index (χ0v) is 8.27. The third kappa shape index (κ3) is 3.91. The summed E-state index contributed by atoms with van der Waals surface area (Å²) in [5.41, 5.74) is 8.10. The van der Waals surface area contributed by atoms with Gasteiger partial charge in [-0.15, -0.1) is 0 Å². The van der Waals surface area contributed by atoms with Crippen molar-refractivity contribution in [3.05, 3.63) is 10.4 Å². The van der Waals surface area contributed by atoms with Gasteiger partial charge in [0.1, 0.15) is 6.67 Å². The average molecular weight is 201 g/mol. The van der Waals surface area contributed by atoms with Crippen LogP contribution in [-0.2, 0) is 0 Å². The van der Waals surface area contributed by atoms with Crippen LogP contribution >= 0.6 is 0 Å². The molecule has 5 nitrogen and oxygen atoms in total. The Labute approximate surface area is 83.1 Å². The van der Waals surface area contributed by atoms with Crippen molar-refractivity contribution in [3.63, 3.8) is 0 Å². The molecule has 0 aromatic heterocycles. The molecule has 1 fully saturated rings. The van der Waals surface area contributed by atoms with Crippen molar-refractivity contribution in [1.82, 2.24) is 9.80 Å². The molecule has 0 unspecified atom stereocenters. The predicted molar refractivity (Wildman–Crippen MR) is 52.9 cm³/mol. The fourth-order valence-corrected chi connectivity index (χ4v) is 1.59. The fourth-order valence-electron chi connectivity index (χ4n) is 1.59. The number of rotatable bonds is 5. The van der Waals surface area contributed by atoms with Gasteiger partial charge in [-0.25, -0.2) is 4.39 Å². The Bertz CT molecular complexity index is 196. The van der Waals surface area contributed by atoms with Crippen LogP contribution in [0.25, 0.3) is 10.4 Å². The van der Waals surface area contributed by atoms with E-state index in [-0.39, 0.29) is 6.67 Å². The van der Waals surface area contributed by atoms with Gasteiger partial charge < -0.3 is 4.90 Å². The summed E-state index contributed by atoms with van der Waals surface area (Å²) in [5.74, 6) is 0. The third-order valence-electron chi connectivity index (χ3n) is 2.45. The van der Waals surface area contributed by atoms with E-state index >= 15 is 0 Å². The number of hydrogen-bond acceptors (Lipinski definition) is 3. The molecule has 1 aliphatic heterocycles. The van der Waals surface area contributed by atoms with Crippen molar-refractivity contribution in [1.29, 1.82) is 0 Å². The first-order valence-corrected chi connectivity index (χ1v) is 4.88. The molecular weight excluding hydrogens is 185 g/mol. The quantitative estimate of drug-likeness (QED) is 0.377. The lowest BCUT2D eigenvalue weighted by atomic mass is 10.3. The molecule has 0 aliphatic carbocycles. The zero-order chi connectivity index (χ0) is 10.2. The zero-order valence-electron chi connectivity index (χ0n) is 8.27. The smallest absolute Gasteiger partial charge is 0.102 e. The molecule has 0 aromatic rings. The highest BCUT2D eigenvalue weighted by Crippen LogP contribution is 2.00. The highest BCUT2D eigenvalue weighted by molar-refractivity contribution is 4.72. The van der Waals surface area contributed by atoms with Gasteiger partial charge in [0.15, 0.2) is 0 Å². The van der Waals surface area contributed by atoms with Crippen LogP contribution in [0.1, 0.15) is 0 Å². The van der Waals surface area contributed by atoms with Crippen LogP contribution in [0, 0.1) is 0 Å². The minimum absolute atomic E-state index is 0.265. The fraction of sp³-hybridized carbons (Fsp3) is 1.00. The van der Waals surface area contributed by atoms with Crippen molar-refractivity contribution >= 4 is 0 Å². The molecule has 0 amide bonds. The van der Waals surface area contributed by atoms with E-state index in [1.54, 1.807) is 0 Å². The van der Waals surface area contributed by atoms with Gasteiger partial charge in [0.2, 0.25) is 0 Å². The van der Waals surface area contributed by atoms with Crippen LogP contribution in [0.3, 0.4) is 0 Å². The molecule has 1 saturated heterocycles. The van der Waals surface area contributed by atoms with Crippen LogP contribution in [-0.4, -0.2) is 62.3 Å². The van der Waals surface area contributed by atoms with E-state index in [0.29, 0.717) is 13.1 Å². The Kier molecular flexibility index (Phi) is 5.29. The summed E-state index contributed by atoms with van der Waals surface area (Å²) in [6.45, 7) is 5.35. The molecule has 0 atom stereocenters. The molecule has 80 valence electrons. The minimum atomic E-state index is -0.265. The van der Waals surface area contributed by atoms with Gasteiger partial charge in [-0.1, -0.05) is 5.11 Å². The monoisotopic (exact) mass is 201 g/mol. The van der Waals surface area contributed by atoms with Gasteiger partial charge in [0.25, 0.3) is 0 Å². The molecular formula is C8H16FN5. The van der Waals surface area contributed by atoms with Gasteiger partial charge in [-0.3, -0.25) is 4.90 Å². The molecule has 0 radical (unpaired) electrons. The van der Waals surface area contributed by atoms with Crippen molar-refractivity contribution in [3.8, 4) is 0 Å². The van der Waals surface area contributed by atoms with Gasteiger partial charge in [0.05, 0.1) is 0 Å². The Morgan fingerprint density at radius 1 is 1.14 bits per heavy atom. The first kappa shape index (κ1) is 11.2. The molecule has 0 spiro atoms. The summed E-state index contributed by atoms with van der Waals surface area (Å²) in [5, 5.41) is 3.49. The van der Waals surface area contributed by atoms with Crippen LogP contribution in [0.5, 0.6) is 0 Å². The summed E-state index contributed by atoms with van der Waals surface area (Å²) < 4.78 is 12.0. The average Bonchev–Trinajstić information content (AvgIpc) is 2.21. The summed E-state index contributed by atoms with van der Waals surface area (Å²) in [4.78, 5) is 7.06. The minimum Gasteiger partial charge on any atom is -0.301 e. The maximum atomic E-state index is 12.0. The van der Waals surface area contributed by atoms with Gasteiger partial charge >= 0.3 is 0 Å². The van der Waals surface area contributed by atoms with E-state index in [2.05, 4.69) is 19.8 Å². The molecule has 6 heteroatoms. The van der Waals surface area contributed by atoms with E-state index in [1.807, 2.05) is 0 Å². The highest BCUT2D eigenvalue weighted by atomic mass is 19.1. The van der Waals surface area contributed by atoms with E-state index in [0.717, 1.165) is 32.7 Å². The van der Waals surface area contributed by atoms with Crippen molar-refractivity contribution < 1.29 is 4.39 Å². The Hall–Kier alpha value is -0.840. The summed E-state index contributed by atoms with van der Waals surface area (Å²) in [6.07, 6.45) is 0. The van der Waals surface area contributed by atoms with E-state index < -0.39 is 0 Å². The second-order valence-electron chi connectivity index (χ2n) is 3.33. The van der Waals surface area contributed by atoms with Gasteiger partial charge in [0, 0.05) is 50.7 Å². The van der Waals surface area contributed by atoms with Crippen molar-refractivity contribution in [2.75, 3.05) is 52.5 Å². The predicted octanol–water partition coefficient (Wildman–Crippen LogP) is 0.884. The van der Waals surface area contributed by atoms with E-state index in [9.17, 15) is 4.39 Å². The first-order chi connectivity index (χ1) is 6.86. The standard InChI is InChI=1S/C8H16FN5/c9-1-3-13-5-7-14(8-6-13)4-2-11-12-10/h1-8H2. The second kappa shape index (κ2) is 6.59. The summed E-state index contributed by atoms with van der Waals surface area (Å²) in [6, 6.07) is 0. The van der Waals surface area contributed by atoms with Crippen LogP contribution in [0.4, 0.5) is 4.39 Å². The van der Waals surface area contributed by atoms with E-state index in [1.165, 1.54) is 0 Å². The topological polar surface area (TPSA) is 55.2 Å². The number of nitrogens with zero attached hydrogens (tertiary/aromatic N) is 5. The van der Waals surface area contributed by atoms with Crippen LogP contribution in [0.2, 0.25) is 0 Å². The number of halogens is 1. The Balaban J connectivity index is 2.12. The maximum absolute atomic E-state index is 12.0. The van der Waals surface area contributed by atoms with Gasteiger partial charge in [-0.2, -0.15) is 0 Å². The second-order valence-corrected chi connectivity index (χ2v) is 3.33. The normalized spacial score (nSPS) is 19.2. The van der Waals surface area contributed by atoms with Crippen LogP contribution < -0.4 is 0 Å². The molecule has 1 heterocycles. The van der Waals surface area contributed by atoms with Crippen molar-refractivity contribution in [2.24, 2.45) is 5.11 Å². The van der Waals surface area contributed by atoms with Gasteiger partial charge in [-0.05, 0) is 5.53 Å². The molecule has 1 rings (SSSR count). The molecule has 0 bridgehead atoms. The number of alkyl halides is 1. The molecule has 0 aromatic carbocycles. The Morgan fingerprint density at radius 2 is 1.71 bits per heavy atom. The first-order valence-electron chi connectivity index (χ1n) is 4.88.